The number of hydrogen-bond acceptors (Lipinski definition) is 3. The number of hydrogen-bond donors (Lipinski definition) is 0. The first-order chi connectivity index (χ1) is 14.6. The van der Waals surface area contributed by atoms with Crippen molar-refractivity contribution >= 4 is 35.2 Å². The molecule has 4 nitrogen and oxygen atoms in total. The predicted octanol–water partition coefficient (Wildman–Crippen LogP) is 6.46. The Morgan fingerprint density at radius 1 is 0.867 bits per heavy atom. The van der Waals surface area contributed by atoms with Gasteiger partial charge in [0.05, 0.1) is 21.4 Å². The van der Waals surface area contributed by atoms with Gasteiger partial charge in [-0.15, -0.1) is 0 Å². The minimum atomic E-state index is -0.514. The van der Waals surface area contributed by atoms with Crippen LogP contribution in [0.1, 0.15) is 5.56 Å². The SMILES string of the molecule is O=C(/C=C/c1ccccc1)Oc1cc(-c2ccccc2)nn1-c1ccc(Cl)c(Cl)c1. The first kappa shape index (κ1) is 20.0. The Kier molecular flexibility index (Phi) is 5.98. The molecule has 4 aromatic rings. The quantitative estimate of drug-likeness (QED) is 0.267. The molecular formula is C24H16Cl2N2O2. The Bertz CT molecular complexity index is 1200. The second-order valence-corrected chi connectivity index (χ2v) is 7.22. The summed E-state index contributed by atoms with van der Waals surface area (Å²) in [7, 11) is 0. The van der Waals surface area contributed by atoms with Crippen LogP contribution in [0.25, 0.3) is 23.0 Å². The van der Waals surface area contributed by atoms with Gasteiger partial charge in [0.25, 0.3) is 0 Å². The van der Waals surface area contributed by atoms with E-state index in [0.717, 1.165) is 11.1 Å². The lowest BCUT2D eigenvalue weighted by Crippen LogP contribution is -2.08. The van der Waals surface area contributed by atoms with Crippen molar-refractivity contribution in [2.45, 2.75) is 0 Å². The third-order valence-corrected chi connectivity index (χ3v) is 5.05. The molecule has 0 aliphatic carbocycles. The molecule has 4 rings (SSSR count). The normalized spacial score (nSPS) is 11.0. The number of benzene rings is 3. The van der Waals surface area contributed by atoms with Crippen molar-refractivity contribution in [3.63, 3.8) is 0 Å². The number of carbonyl (C=O) groups is 1. The third-order valence-electron chi connectivity index (χ3n) is 4.31. The molecule has 0 atom stereocenters. The fourth-order valence-corrected chi connectivity index (χ4v) is 3.15. The van der Waals surface area contributed by atoms with Crippen LogP contribution < -0.4 is 4.74 Å². The van der Waals surface area contributed by atoms with E-state index in [0.29, 0.717) is 21.4 Å². The van der Waals surface area contributed by atoms with E-state index in [1.165, 1.54) is 10.8 Å². The second-order valence-electron chi connectivity index (χ2n) is 6.41. The van der Waals surface area contributed by atoms with Crippen LogP contribution in [-0.4, -0.2) is 15.7 Å². The zero-order valence-corrected chi connectivity index (χ0v) is 17.2. The smallest absolute Gasteiger partial charge is 0.337 e. The molecule has 0 aliphatic rings. The molecule has 0 fully saturated rings. The molecule has 0 amide bonds. The van der Waals surface area contributed by atoms with Crippen LogP contribution in [-0.2, 0) is 4.79 Å². The van der Waals surface area contributed by atoms with Crippen molar-refractivity contribution in [2.75, 3.05) is 0 Å². The topological polar surface area (TPSA) is 44.1 Å². The summed E-state index contributed by atoms with van der Waals surface area (Å²) in [6, 6.07) is 26.0. The molecule has 1 aromatic heterocycles. The molecule has 0 aliphatic heterocycles. The molecular weight excluding hydrogens is 419 g/mol. The van der Waals surface area contributed by atoms with Crippen LogP contribution in [0.3, 0.4) is 0 Å². The molecule has 0 saturated carbocycles. The van der Waals surface area contributed by atoms with Crippen LogP contribution in [0.5, 0.6) is 5.88 Å². The minimum Gasteiger partial charge on any atom is -0.404 e. The maximum Gasteiger partial charge on any atom is 0.337 e. The average molecular weight is 435 g/mol. The number of ether oxygens (including phenoxy) is 1. The molecule has 30 heavy (non-hydrogen) atoms. The van der Waals surface area contributed by atoms with Gasteiger partial charge in [0.1, 0.15) is 0 Å². The Morgan fingerprint density at radius 2 is 1.57 bits per heavy atom. The molecule has 148 valence electrons. The van der Waals surface area contributed by atoms with Gasteiger partial charge in [-0.2, -0.15) is 9.78 Å². The molecule has 0 N–H and O–H groups in total. The number of carbonyl (C=O) groups excluding carboxylic acids is 1. The third kappa shape index (κ3) is 4.62. The van der Waals surface area contributed by atoms with Crippen molar-refractivity contribution in [1.82, 2.24) is 9.78 Å². The first-order valence-electron chi connectivity index (χ1n) is 9.16. The molecule has 0 spiro atoms. The monoisotopic (exact) mass is 434 g/mol. The van der Waals surface area contributed by atoms with Crippen molar-refractivity contribution in [3.8, 4) is 22.8 Å². The maximum absolute atomic E-state index is 12.4. The van der Waals surface area contributed by atoms with Gasteiger partial charge in [-0.25, -0.2) is 4.79 Å². The van der Waals surface area contributed by atoms with Crippen molar-refractivity contribution in [2.24, 2.45) is 0 Å². The molecule has 3 aromatic carbocycles. The van der Waals surface area contributed by atoms with Crippen LogP contribution in [0.15, 0.2) is 91.0 Å². The molecule has 0 saturated heterocycles. The molecule has 0 unspecified atom stereocenters. The summed E-state index contributed by atoms with van der Waals surface area (Å²) in [4.78, 5) is 12.4. The van der Waals surface area contributed by atoms with E-state index in [2.05, 4.69) is 5.10 Å². The summed E-state index contributed by atoms with van der Waals surface area (Å²) in [5.74, 6) is -0.241. The van der Waals surface area contributed by atoms with E-state index >= 15 is 0 Å². The Hall–Kier alpha value is -3.34. The highest BCUT2D eigenvalue weighted by atomic mass is 35.5. The number of rotatable bonds is 5. The van der Waals surface area contributed by atoms with Crippen molar-refractivity contribution in [1.29, 1.82) is 0 Å². The van der Waals surface area contributed by atoms with E-state index in [9.17, 15) is 4.79 Å². The second kappa shape index (κ2) is 8.99. The zero-order chi connectivity index (χ0) is 20.9. The lowest BCUT2D eigenvalue weighted by molar-refractivity contribution is -0.129. The number of esters is 1. The lowest BCUT2D eigenvalue weighted by Gasteiger charge is -2.07. The maximum atomic E-state index is 12.4. The lowest BCUT2D eigenvalue weighted by atomic mass is 10.2. The van der Waals surface area contributed by atoms with Gasteiger partial charge in [-0.3, -0.25) is 0 Å². The highest BCUT2D eigenvalue weighted by Gasteiger charge is 2.15. The Morgan fingerprint density at radius 3 is 2.27 bits per heavy atom. The number of halogens is 2. The fourth-order valence-electron chi connectivity index (χ4n) is 2.85. The van der Waals surface area contributed by atoms with E-state index in [-0.39, 0.29) is 5.88 Å². The molecule has 6 heteroatoms. The predicted molar refractivity (Wildman–Crippen MR) is 120 cm³/mol. The van der Waals surface area contributed by atoms with Crippen LogP contribution in [0, 0.1) is 0 Å². The highest BCUT2D eigenvalue weighted by molar-refractivity contribution is 6.42. The summed E-state index contributed by atoms with van der Waals surface area (Å²) in [5.41, 5.74) is 3.09. The van der Waals surface area contributed by atoms with Crippen LogP contribution in [0.2, 0.25) is 10.0 Å². The first-order valence-corrected chi connectivity index (χ1v) is 9.91. The number of nitrogens with zero attached hydrogens (tertiary/aromatic N) is 2. The van der Waals surface area contributed by atoms with Gasteiger partial charge < -0.3 is 4.74 Å². The largest absolute Gasteiger partial charge is 0.404 e. The highest BCUT2D eigenvalue weighted by Crippen LogP contribution is 2.30. The average Bonchev–Trinajstić information content (AvgIpc) is 3.19. The minimum absolute atomic E-state index is 0.273. The van der Waals surface area contributed by atoms with E-state index in [4.69, 9.17) is 27.9 Å². The summed E-state index contributed by atoms with van der Waals surface area (Å²) >= 11 is 12.2. The van der Waals surface area contributed by atoms with Gasteiger partial charge >= 0.3 is 5.97 Å². The van der Waals surface area contributed by atoms with Gasteiger partial charge in [0.2, 0.25) is 5.88 Å². The summed E-state index contributed by atoms with van der Waals surface area (Å²) in [5, 5.41) is 5.42. The summed E-state index contributed by atoms with van der Waals surface area (Å²) in [6.07, 6.45) is 3.07. The van der Waals surface area contributed by atoms with Crippen LogP contribution >= 0.6 is 23.2 Å². The zero-order valence-electron chi connectivity index (χ0n) is 15.7. The summed E-state index contributed by atoms with van der Waals surface area (Å²) in [6.45, 7) is 0. The van der Waals surface area contributed by atoms with E-state index in [1.54, 1.807) is 30.3 Å². The fraction of sp³-hybridized carbons (Fsp3) is 0. The van der Waals surface area contributed by atoms with Crippen molar-refractivity contribution < 1.29 is 9.53 Å². The standard InChI is InChI=1S/C24H16Cl2N2O2/c25-20-13-12-19(15-21(20)26)28-23(16-22(27-28)18-9-5-2-6-10-18)30-24(29)14-11-17-7-3-1-4-8-17/h1-16H/b14-11+. The van der Waals surface area contributed by atoms with Gasteiger partial charge in [-0.05, 0) is 29.8 Å². The van der Waals surface area contributed by atoms with E-state index < -0.39 is 5.97 Å². The van der Waals surface area contributed by atoms with Crippen molar-refractivity contribution in [3.05, 3.63) is 107 Å². The number of aromatic nitrogens is 2. The van der Waals surface area contributed by atoms with Gasteiger partial charge in [0, 0.05) is 17.7 Å². The Labute approximate surface area is 183 Å². The molecule has 1 heterocycles. The summed E-state index contributed by atoms with van der Waals surface area (Å²) < 4.78 is 7.12. The Balaban J connectivity index is 1.68. The molecule has 0 radical (unpaired) electrons. The van der Waals surface area contributed by atoms with Gasteiger partial charge in [-0.1, -0.05) is 83.9 Å². The van der Waals surface area contributed by atoms with Crippen LogP contribution in [0.4, 0.5) is 0 Å². The molecule has 0 bridgehead atoms. The van der Waals surface area contributed by atoms with Gasteiger partial charge in [0.15, 0.2) is 0 Å². The van der Waals surface area contributed by atoms with E-state index in [1.807, 2.05) is 60.7 Å².